The van der Waals surface area contributed by atoms with Crippen LogP contribution >= 0.6 is 0 Å². The number of anilines is 1. The van der Waals surface area contributed by atoms with Crippen LogP contribution in [-0.4, -0.2) is 21.5 Å². The maximum absolute atomic E-state index is 10.4. The maximum Gasteiger partial charge on any atom is 0.165 e. The molecule has 0 radical (unpaired) electrons. The van der Waals surface area contributed by atoms with Crippen molar-refractivity contribution >= 4 is 5.69 Å². The minimum absolute atomic E-state index is 0.292. The van der Waals surface area contributed by atoms with Gasteiger partial charge < -0.3 is 0 Å². The van der Waals surface area contributed by atoms with E-state index in [0.717, 1.165) is 5.01 Å². The van der Waals surface area contributed by atoms with Crippen LogP contribution in [0.25, 0.3) is 0 Å². The van der Waals surface area contributed by atoms with Gasteiger partial charge in [0.1, 0.15) is 12.0 Å². The van der Waals surface area contributed by atoms with E-state index in [1.165, 1.54) is 18.7 Å². The lowest BCUT2D eigenvalue weighted by atomic mass is 10.5. The third-order valence-corrected chi connectivity index (χ3v) is 1.34. The van der Waals surface area contributed by atoms with Crippen molar-refractivity contribution in [3.8, 4) is 0 Å². The van der Waals surface area contributed by atoms with Gasteiger partial charge in [-0.1, -0.05) is 5.01 Å². The number of rotatable bonds is 3. The summed E-state index contributed by atoms with van der Waals surface area (Å²) in [6, 6.07) is 0. The lowest BCUT2D eigenvalue weighted by molar-refractivity contribution is -0.494. The minimum Gasteiger partial charge on any atom is -0.242 e. The highest BCUT2D eigenvalue weighted by molar-refractivity contribution is 5.37. The number of hydrazine groups is 1. The molecular weight excluding hydrogens is 160 g/mol. The fourth-order valence-corrected chi connectivity index (χ4v) is 0.817. The molecule has 1 aromatic heterocycles. The monoisotopic (exact) mass is 168 g/mol. The van der Waals surface area contributed by atoms with E-state index in [-0.39, 0.29) is 0 Å². The Morgan fingerprint density at radius 1 is 1.58 bits per heavy atom. The van der Waals surface area contributed by atoms with E-state index >= 15 is 0 Å². The van der Waals surface area contributed by atoms with Gasteiger partial charge in [-0.2, -0.15) is 0 Å². The zero-order valence-electron chi connectivity index (χ0n) is 6.54. The molecule has 6 nitrogen and oxygen atoms in total. The Labute approximate surface area is 69.0 Å². The molecule has 0 aliphatic rings. The number of nitro groups is 1. The highest BCUT2D eigenvalue weighted by Crippen LogP contribution is 2.08. The molecule has 0 amide bonds. The molecule has 0 unspecified atom stereocenters. The molecule has 0 fully saturated rings. The summed E-state index contributed by atoms with van der Waals surface area (Å²) in [6.07, 6.45) is 4.13. The Bertz CT molecular complexity index is 264. The summed E-state index contributed by atoms with van der Waals surface area (Å²) in [7, 11) is 0. The molecular formula is C6H8N4O2. The molecule has 0 saturated heterocycles. The molecule has 1 heterocycles. The number of hydrogen-bond acceptors (Lipinski definition) is 4. The summed E-state index contributed by atoms with van der Waals surface area (Å²) in [6.45, 7) is 1.98. The average Bonchev–Trinajstić information content (AvgIpc) is 2.07. The van der Waals surface area contributed by atoms with Gasteiger partial charge in [-0.25, -0.2) is 20.1 Å². The first-order valence-electron chi connectivity index (χ1n) is 3.42. The second-order valence-corrected chi connectivity index (χ2v) is 2.05. The van der Waals surface area contributed by atoms with E-state index in [0.29, 0.717) is 12.2 Å². The Hall–Kier alpha value is -1.72. The first-order valence-corrected chi connectivity index (χ1v) is 3.42. The van der Waals surface area contributed by atoms with E-state index < -0.39 is 5.03 Å². The molecule has 0 atom stereocenters. The molecule has 0 saturated carbocycles. The number of nitrogens with zero attached hydrogens (tertiary/aromatic N) is 4. The van der Waals surface area contributed by atoms with Gasteiger partial charge in [0.15, 0.2) is 5.03 Å². The Morgan fingerprint density at radius 3 is 2.58 bits per heavy atom. The van der Waals surface area contributed by atoms with Gasteiger partial charge in [-0.15, -0.1) is 0 Å². The fraction of sp³-hybridized carbons (Fsp3) is 0.333. The van der Waals surface area contributed by atoms with Gasteiger partial charge in [0.25, 0.3) is 0 Å². The number of aromatic nitrogens is 2. The van der Waals surface area contributed by atoms with Crippen molar-refractivity contribution in [1.29, 1.82) is 0 Å². The molecule has 0 aliphatic heterocycles. The standard InChI is InChI=1S/C6H8N4O2/c1-2-9(10(11)12)6-3-7-5-8-4-6/h3-5H,2H2,1H3. The molecule has 6 heteroatoms. The van der Waals surface area contributed by atoms with Gasteiger partial charge in [-0.3, -0.25) is 0 Å². The molecule has 0 N–H and O–H groups in total. The van der Waals surface area contributed by atoms with Crippen molar-refractivity contribution in [3.05, 3.63) is 28.8 Å². The summed E-state index contributed by atoms with van der Waals surface area (Å²) in [5, 5.41) is 10.9. The van der Waals surface area contributed by atoms with Crippen LogP contribution in [-0.2, 0) is 0 Å². The van der Waals surface area contributed by atoms with Crippen molar-refractivity contribution in [2.75, 3.05) is 11.6 Å². The first kappa shape index (κ1) is 8.38. The molecule has 64 valence electrons. The first-order chi connectivity index (χ1) is 5.75. The van der Waals surface area contributed by atoms with Gasteiger partial charge in [0.2, 0.25) is 0 Å². The summed E-state index contributed by atoms with van der Waals surface area (Å²) in [5.74, 6) is 0. The quantitative estimate of drug-likeness (QED) is 0.485. The maximum atomic E-state index is 10.4. The predicted octanol–water partition coefficient (Wildman–Crippen LogP) is 0.495. The van der Waals surface area contributed by atoms with Crippen molar-refractivity contribution < 1.29 is 5.03 Å². The normalized spacial score (nSPS) is 9.42. The summed E-state index contributed by atoms with van der Waals surface area (Å²) in [4.78, 5) is 17.8. The molecule has 0 aromatic carbocycles. The second-order valence-electron chi connectivity index (χ2n) is 2.05. The lowest BCUT2D eigenvalue weighted by Gasteiger charge is -2.09. The van der Waals surface area contributed by atoms with Crippen LogP contribution in [0.2, 0.25) is 0 Å². The van der Waals surface area contributed by atoms with Crippen molar-refractivity contribution in [3.63, 3.8) is 0 Å². The average molecular weight is 168 g/mol. The van der Waals surface area contributed by atoms with Crippen LogP contribution in [0.5, 0.6) is 0 Å². The zero-order valence-corrected chi connectivity index (χ0v) is 6.54. The van der Waals surface area contributed by atoms with Gasteiger partial charge >= 0.3 is 0 Å². The number of hydrogen-bond donors (Lipinski definition) is 0. The molecule has 1 rings (SSSR count). The van der Waals surface area contributed by atoms with Crippen molar-refractivity contribution in [1.82, 2.24) is 9.97 Å². The molecule has 1 aromatic rings. The summed E-state index contributed by atoms with van der Waals surface area (Å²) >= 11 is 0. The van der Waals surface area contributed by atoms with Gasteiger partial charge in [0, 0.05) is 0 Å². The molecule has 0 spiro atoms. The van der Waals surface area contributed by atoms with Gasteiger partial charge in [-0.05, 0) is 6.92 Å². The van der Waals surface area contributed by atoms with E-state index in [2.05, 4.69) is 9.97 Å². The highest BCUT2D eigenvalue weighted by atomic mass is 16.7. The van der Waals surface area contributed by atoms with E-state index in [9.17, 15) is 10.1 Å². The van der Waals surface area contributed by atoms with Crippen molar-refractivity contribution in [2.45, 2.75) is 6.92 Å². The topological polar surface area (TPSA) is 72.2 Å². The zero-order chi connectivity index (χ0) is 8.97. The van der Waals surface area contributed by atoms with Crippen LogP contribution < -0.4 is 5.01 Å². The molecule has 0 aliphatic carbocycles. The second kappa shape index (κ2) is 3.61. The highest BCUT2D eigenvalue weighted by Gasteiger charge is 2.13. The predicted molar refractivity (Wildman–Crippen MR) is 42.0 cm³/mol. The van der Waals surface area contributed by atoms with Crippen LogP contribution in [0.15, 0.2) is 18.7 Å². The van der Waals surface area contributed by atoms with E-state index in [1.54, 1.807) is 6.92 Å². The van der Waals surface area contributed by atoms with Crippen LogP contribution in [0.3, 0.4) is 0 Å². The van der Waals surface area contributed by atoms with Crippen LogP contribution in [0.4, 0.5) is 5.69 Å². The largest absolute Gasteiger partial charge is 0.242 e. The fourth-order valence-electron chi connectivity index (χ4n) is 0.817. The van der Waals surface area contributed by atoms with Crippen LogP contribution in [0.1, 0.15) is 6.92 Å². The Kier molecular flexibility index (Phi) is 2.52. The molecule has 0 bridgehead atoms. The summed E-state index contributed by atoms with van der Waals surface area (Å²) < 4.78 is 0. The third-order valence-electron chi connectivity index (χ3n) is 1.34. The smallest absolute Gasteiger partial charge is 0.165 e. The Balaban J connectivity index is 2.88. The lowest BCUT2D eigenvalue weighted by Crippen LogP contribution is -2.29. The molecule has 12 heavy (non-hydrogen) atoms. The van der Waals surface area contributed by atoms with Gasteiger partial charge in [0.05, 0.1) is 18.9 Å². The van der Waals surface area contributed by atoms with Crippen molar-refractivity contribution in [2.24, 2.45) is 0 Å². The third kappa shape index (κ3) is 1.66. The SMILES string of the molecule is CCN(c1cncnc1)[N+](=O)[O-]. The summed E-state index contributed by atoms with van der Waals surface area (Å²) in [5.41, 5.74) is 0.394. The Morgan fingerprint density at radius 2 is 2.17 bits per heavy atom. The minimum atomic E-state index is -0.487. The van der Waals surface area contributed by atoms with E-state index in [1.807, 2.05) is 0 Å². The van der Waals surface area contributed by atoms with E-state index in [4.69, 9.17) is 0 Å². The van der Waals surface area contributed by atoms with Crippen LogP contribution in [0, 0.1) is 10.1 Å².